The van der Waals surface area contributed by atoms with Crippen molar-refractivity contribution < 1.29 is 0 Å². The molecule has 0 N–H and O–H groups in total. The van der Waals surface area contributed by atoms with Crippen LogP contribution in [0.4, 0.5) is 0 Å². The molecule has 0 radical (unpaired) electrons. The molecule has 0 saturated carbocycles. The summed E-state index contributed by atoms with van der Waals surface area (Å²) in [7, 11) is 0. The number of halogens is 1. The molecule has 0 spiro atoms. The molecule has 0 aliphatic heterocycles. The summed E-state index contributed by atoms with van der Waals surface area (Å²) in [6.07, 6.45) is 5.01. The Morgan fingerprint density at radius 2 is 2.08 bits per heavy atom. The van der Waals surface area contributed by atoms with Gasteiger partial charge in [0, 0.05) is 10.8 Å². The second-order valence-corrected chi connectivity index (χ2v) is 3.30. The Balaban J connectivity index is 2.68. The first-order valence-electron chi connectivity index (χ1n) is 3.85. The summed E-state index contributed by atoms with van der Waals surface area (Å²) in [5.74, 6) is 0.672. The van der Waals surface area contributed by atoms with Crippen molar-refractivity contribution >= 4 is 30.3 Å². The number of benzene rings is 1. The Morgan fingerprint density at radius 1 is 1.33 bits per heavy atom. The summed E-state index contributed by atoms with van der Waals surface area (Å²) < 4.78 is 0. The quantitative estimate of drug-likeness (QED) is 0.557. The first-order valence-corrected chi connectivity index (χ1v) is 4.83. The van der Waals surface area contributed by atoms with E-state index in [0.717, 1.165) is 16.9 Å². The van der Waals surface area contributed by atoms with Gasteiger partial charge in [0.1, 0.15) is 0 Å². The van der Waals surface area contributed by atoms with Crippen LogP contribution in [0.1, 0.15) is 12.0 Å². The van der Waals surface area contributed by atoms with Gasteiger partial charge in [0.15, 0.2) is 0 Å². The SMILES string of the molecule is Sc1ccccc1C=CCCCl. The Labute approximate surface area is 83.7 Å². The van der Waals surface area contributed by atoms with Crippen LogP contribution in [-0.4, -0.2) is 5.88 Å². The fourth-order valence-electron chi connectivity index (χ4n) is 0.902. The third-order valence-electron chi connectivity index (χ3n) is 1.51. The van der Waals surface area contributed by atoms with Crippen molar-refractivity contribution in [1.29, 1.82) is 0 Å². The molecule has 2 heteroatoms. The zero-order valence-corrected chi connectivity index (χ0v) is 8.35. The molecule has 0 heterocycles. The van der Waals surface area contributed by atoms with Crippen LogP contribution >= 0.6 is 24.2 Å². The van der Waals surface area contributed by atoms with Crippen LogP contribution in [0, 0.1) is 0 Å². The van der Waals surface area contributed by atoms with Gasteiger partial charge in [-0.25, -0.2) is 0 Å². The van der Waals surface area contributed by atoms with E-state index in [1.807, 2.05) is 30.3 Å². The molecule has 0 bridgehead atoms. The smallest absolute Gasteiger partial charge is 0.0258 e. The fourth-order valence-corrected chi connectivity index (χ4v) is 1.26. The first kappa shape index (κ1) is 9.69. The maximum absolute atomic E-state index is 5.54. The lowest BCUT2D eigenvalue weighted by Gasteiger charge is -1.96. The van der Waals surface area contributed by atoms with Gasteiger partial charge < -0.3 is 0 Å². The monoisotopic (exact) mass is 198 g/mol. The van der Waals surface area contributed by atoms with Crippen molar-refractivity contribution in [3.8, 4) is 0 Å². The highest BCUT2D eigenvalue weighted by Gasteiger charge is 1.90. The molecular weight excluding hydrogens is 188 g/mol. The van der Waals surface area contributed by atoms with Crippen LogP contribution in [0.25, 0.3) is 6.08 Å². The van der Waals surface area contributed by atoms with E-state index in [-0.39, 0.29) is 0 Å². The lowest BCUT2D eigenvalue weighted by Crippen LogP contribution is -1.74. The van der Waals surface area contributed by atoms with E-state index in [1.165, 1.54) is 0 Å². The molecule has 0 amide bonds. The predicted octanol–water partition coefficient (Wildman–Crippen LogP) is 3.62. The average molecular weight is 199 g/mol. The van der Waals surface area contributed by atoms with Gasteiger partial charge in [-0.2, -0.15) is 0 Å². The first-order chi connectivity index (χ1) is 5.84. The highest BCUT2D eigenvalue weighted by atomic mass is 35.5. The van der Waals surface area contributed by atoms with Crippen molar-refractivity contribution in [2.24, 2.45) is 0 Å². The van der Waals surface area contributed by atoms with Crippen molar-refractivity contribution in [2.75, 3.05) is 5.88 Å². The second kappa shape index (κ2) is 5.28. The fraction of sp³-hybridized carbons (Fsp3) is 0.200. The molecule has 0 aliphatic carbocycles. The van der Waals surface area contributed by atoms with Gasteiger partial charge in [-0.05, 0) is 18.1 Å². The van der Waals surface area contributed by atoms with E-state index >= 15 is 0 Å². The maximum Gasteiger partial charge on any atom is 0.0258 e. The molecule has 1 rings (SSSR count). The predicted molar refractivity (Wildman–Crippen MR) is 58.1 cm³/mol. The summed E-state index contributed by atoms with van der Waals surface area (Å²) in [4.78, 5) is 1.00. The summed E-state index contributed by atoms with van der Waals surface area (Å²) in [6, 6.07) is 7.98. The van der Waals surface area contributed by atoms with E-state index < -0.39 is 0 Å². The van der Waals surface area contributed by atoms with Crippen molar-refractivity contribution in [3.63, 3.8) is 0 Å². The number of alkyl halides is 1. The van der Waals surface area contributed by atoms with Crippen LogP contribution < -0.4 is 0 Å². The molecule has 0 atom stereocenters. The van der Waals surface area contributed by atoms with E-state index in [0.29, 0.717) is 5.88 Å². The van der Waals surface area contributed by atoms with E-state index in [9.17, 15) is 0 Å². The van der Waals surface area contributed by atoms with Gasteiger partial charge in [-0.1, -0.05) is 30.4 Å². The summed E-state index contributed by atoms with van der Waals surface area (Å²) in [5, 5.41) is 0. The molecule has 0 saturated heterocycles. The molecule has 0 aliphatic rings. The molecular formula is C10H11ClS. The molecule has 1 aromatic rings. The normalized spacial score (nSPS) is 10.8. The molecule has 0 fully saturated rings. The Bertz CT molecular complexity index is 268. The molecule has 64 valence electrons. The number of allylic oxidation sites excluding steroid dienone is 1. The number of hydrogen-bond acceptors (Lipinski definition) is 1. The lowest BCUT2D eigenvalue weighted by atomic mass is 10.2. The van der Waals surface area contributed by atoms with Gasteiger partial charge >= 0.3 is 0 Å². The zero-order chi connectivity index (χ0) is 8.81. The molecule has 0 nitrogen and oxygen atoms in total. The van der Waals surface area contributed by atoms with E-state index in [2.05, 4.69) is 18.7 Å². The topological polar surface area (TPSA) is 0 Å². The highest BCUT2D eigenvalue weighted by molar-refractivity contribution is 7.80. The minimum absolute atomic E-state index is 0.672. The van der Waals surface area contributed by atoms with Crippen LogP contribution in [0.5, 0.6) is 0 Å². The van der Waals surface area contributed by atoms with Crippen LogP contribution in [0.3, 0.4) is 0 Å². The third kappa shape index (κ3) is 2.92. The van der Waals surface area contributed by atoms with Crippen LogP contribution in [0.2, 0.25) is 0 Å². The van der Waals surface area contributed by atoms with Crippen LogP contribution in [-0.2, 0) is 0 Å². The Hall–Kier alpha value is -0.400. The number of thiol groups is 1. The van der Waals surface area contributed by atoms with E-state index in [1.54, 1.807) is 0 Å². The van der Waals surface area contributed by atoms with Gasteiger partial charge in [-0.15, -0.1) is 24.2 Å². The summed E-state index contributed by atoms with van der Waals surface area (Å²) in [5.41, 5.74) is 1.14. The summed E-state index contributed by atoms with van der Waals surface area (Å²) in [6.45, 7) is 0. The molecule has 12 heavy (non-hydrogen) atoms. The van der Waals surface area contributed by atoms with Crippen molar-refractivity contribution in [1.82, 2.24) is 0 Å². The van der Waals surface area contributed by atoms with Crippen molar-refractivity contribution in [2.45, 2.75) is 11.3 Å². The Morgan fingerprint density at radius 3 is 2.75 bits per heavy atom. The summed E-state index contributed by atoms with van der Waals surface area (Å²) >= 11 is 9.85. The maximum atomic E-state index is 5.54. The standard InChI is InChI=1S/C10H11ClS/c11-8-4-3-6-9-5-1-2-7-10(9)12/h1-3,5-7,12H,4,8H2. The molecule has 0 aromatic heterocycles. The Kier molecular flexibility index (Phi) is 4.26. The highest BCUT2D eigenvalue weighted by Crippen LogP contribution is 2.14. The minimum Gasteiger partial charge on any atom is -0.143 e. The second-order valence-electron chi connectivity index (χ2n) is 2.44. The number of rotatable bonds is 3. The third-order valence-corrected chi connectivity index (χ3v) is 2.14. The molecule has 0 unspecified atom stereocenters. The minimum atomic E-state index is 0.672. The lowest BCUT2D eigenvalue weighted by molar-refractivity contribution is 1.24. The average Bonchev–Trinajstić information content (AvgIpc) is 2.09. The largest absolute Gasteiger partial charge is 0.143 e. The zero-order valence-electron chi connectivity index (χ0n) is 6.70. The molecule has 1 aromatic carbocycles. The van der Waals surface area contributed by atoms with Crippen molar-refractivity contribution in [3.05, 3.63) is 35.9 Å². The van der Waals surface area contributed by atoms with Gasteiger partial charge in [-0.3, -0.25) is 0 Å². The van der Waals surface area contributed by atoms with Gasteiger partial charge in [0.2, 0.25) is 0 Å². The van der Waals surface area contributed by atoms with Gasteiger partial charge in [0.25, 0.3) is 0 Å². The number of hydrogen-bond donors (Lipinski definition) is 1. The van der Waals surface area contributed by atoms with E-state index in [4.69, 9.17) is 11.6 Å². The van der Waals surface area contributed by atoms with Gasteiger partial charge in [0.05, 0.1) is 0 Å². The van der Waals surface area contributed by atoms with Crippen LogP contribution in [0.15, 0.2) is 35.2 Å².